The molecular formula is C13H18N2O6. The Bertz CT molecular complexity index is 622. The molecule has 8 heteroatoms. The molecule has 8 nitrogen and oxygen atoms in total. The molecule has 0 aromatic carbocycles. The molecule has 3 N–H and O–H groups in total. The van der Waals surface area contributed by atoms with Crippen LogP contribution in [0, 0.1) is 0 Å². The average Bonchev–Trinajstić information content (AvgIpc) is 2.84. The highest BCUT2D eigenvalue weighted by atomic mass is 16.5. The summed E-state index contributed by atoms with van der Waals surface area (Å²) < 4.78 is 7.42. The molecule has 0 saturated carbocycles. The molecule has 0 radical (unpaired) electrons. The zero-order valence-corrected chi connectivity index (χ0v) is 11.3. The minimum atomic E-state index is -0.889. The number of hydrogen-bond donors (Lipinski definition) is 3. The fraction of sp³-hybridized carbons (Fsp3) is 0.538. The van der Waals surface area contributed by atoms with Crippen LogP contribution in [0.1, 0.15) is 18.7 Å². The first-order valence-electron chi connectivity index (χ1n) is 6.55. The summed E-state index contributed by atoms with van der Waals surface area (Å²) in [4.78, 5) is 24.2. The van der Waals surface area contributed by atoms with Gasteiger partial charge in [-0.1, -0.05) is 6.08 Å². The molecule has 0 spiro atoms. The topological polar surface area (TPSA) is 114 Å². The zero-order valence-electron chi connectivity index (χ0n) is 11.3. The normalized spacial score (nSPS) is 26.7. The maximum atomic E-state index is 12.4. The van der Waals surface area contributed by atoms with E-state index in [0.29, 0.717) is 0 Å². The summed E-state index contributed by atoms with van der Waals surface area (Å²) in [5.74, 6) is 0. The van der Waals surface area contributed by atoms with Gasteiger partial charge in [0.25, 0.3) is 5.56 Å². The lowest BCUT2D eigenvalue weighted by Crippen LogP contribution is -2.43. The monoisotopic (exact) mass is 298 g/mol. The third kappa shape index (κ3) is 2.84. The molecule has 4 atom stereocenters. The van der Waals surface area contributed by atoms with Gasteiger partial charge in [0.15, 0.2) is 0 Å². The van der Waals surface area contributed by atoms with Gasteiger partial charge in [0, 0.05) is 18.7 Å². The van der Waals surface area contributed by atoms with Crippen LogP contribution in [-0.4, -0.2) is 49.9 Å². The first-order valence-corrected chi connectivity index (χ1v) is 6.55. The van der Waals surface area contributed by atoms with Gasteiger partial charge in [-0.15, -0.1) is 6.58 Å². The van der Waals surface area contributed by atoms with Crippen LogP contribution < -0.4 is 11.2 Å². The highest BCUT2D eigenvalue weighted by molar-refractivity contribution is 4.96. The number of rotatable bonds is 5. The van der Waals surface area contributed by atoms with E-state index >= 15 is 0 Å². The van der Waals surface area contributed by atoms with Crippen LogP contribution >= 0.6 is 0 Å². The summed E-state index contributed by atoms with van der Waals surface area (Å²) in [6.45, 7) is 2.69. The summed E-state index contributed by atoms with van der Waals surface area (Å²) in [5.41, 5.74) is -1.23. The van der Waals surface area contributed by atoms with Gasteiger partial charge in [-0.25, -0.2) is 4.79 Å². The van der Waals surface area contributed by atoms with Crippen molar-refractivity contribution < 1.29 is 20.1 Å². The van der Waals surface area contributed by atoms with E-state index < -0.39 is 42.3 Å². The van der Waals surface area contributed by atoms with Crippen molar-refractivity contribution in [3.05, 3.63) is 45.8 Å². The summed E-state index contributed by atoms with van der Waals surface area (Å²) in [6, 6.07) is 0.340. The Morgan fingerprint density at radius 2 is 2.19 bits per heavy atom. The second-order valence-electron chi connectivity index (χ2n) is 4.81. The van der Waals surface area contributed by atoms with Crippen molar-refractivity contribution in [1.82, 2.24) is 9.13 Å². The van der Waals surface area contributed by atoms with E-state index in [0.717, 1.165) is 9.13 Å². The maximum Gasteiger partial charge on any atom is 0.333 e. The molecule has 1 saturated heterocycles. The first-order chi connectivity index (χ1) is 10.0. The summed E-state index contributed by atoms with van der Waals surface area (Å²) in [5, 5.41) is 28.0. The van der Waals surface area contributed by atoms with Crippen LogP contribution in [0.15, 0.2) is 34.5 Å². The molecular weight excluding hydrogens is 280 g/mol. The Balaban J connectivity index is 2.43. The predicted molar refractivity (Wildman–Crippen MR) is 72.9 cm³/mol. The second kappa shape index (κ2) is 6.35. The lowest BCUT2D eigenvalue weighted by molar-refractivity contribution is -0.0464. The van der Waals surface area contributed by atoms with Gasteiger partial charge in [0.2, 0.25) is 0 Å². The van der Waals surface area contributed by atoms with Crippen LogP contribution in [0.4, 0.5) is 0 Å². The fourth-order valence-corrected chi connectivity index (χ4v) is 2.34. The number of aliphatic hydroxyl groups is 3. The summed E-state index contributed by atoms with van der Waals surface area (Å²) in [7, 11) is 0. The van der Waals surface area contributed by atoms with Crippen molar-refractivity contribution in [2.75, 3.05) is 13.2 Å². The maximum absolute atomic E-state index is 12.4. The van der Waals surface area contributed by atoms with Crippen LogP contribution in [0.2, 0.25) is 0 Å². The number of aliphatic hydroxyl groups excluding tert-OH is 3. The minimum absolute atomic E-state index is 0.126. The molecule has 0 amide bonds. The molecule has 1 aliphatic heterocycles. The lowest BCUT2D eigenvalue weighted by Gasteiger charge is -2.18. The van der Waals surface area contributed by atoms with Crippen LogP contribution in [0.25, 0.3) is 0 Å². The van der Waals surface area contributed by atoms with Gasteiger partial charge in [0.1, 0.15) is 12.3 Å². The lowest BCUT2D eigenvalue weighted by atomic mass is 10.2. The average molecular weight is 298 g/mol. The molecule has 21 heavy (non-hydrogen) atoms. The van der Waals surface area contributed by atoms with E-state index in [4.69, 9.17) is 9.84 Å². The zero-order chi connectivity index (χ0) is 15.6. The second-order valence-corrected chi connectivity index (χ2v) is 4.81. The van der Waals surface area contributed by atoms with Gasteiger partial charge in [0.05, 0.1) is 25.4 Å². The van der Waals surface area contributed by atoms with Crippen LogP contribution in [-0.2, 0) is 4.74 Å². The largest absolute Gasteiger partial charge is 0.394 e. The Morgan fingerprint density at radius 3 is 2.71 bits per heavy atom. The molecule has 116 valence electrons. The highest BCUT2D eigenvalue weighted by Gasteiger charge is 2.35. The van der Waals surface area contributed by atoms with E-state index in [9.17, 15) is 19.8 Å². The van der Waals surface area contributed by atoms with Gasteiger partial charge in [-0.2, -0.15) is 0 Å². The quantitative estimate of drug-likeness (QED) is 0.562. The van der Waals surface area contributed by atoms with Crippen molar-refractivity contribution in [1.29, 1.82) is 0 Å². The van der Waals surface area contributed by atoms with Crippen molar-refractivity contribution in [2.45, 2.75) is 30.9 Å². The number of aromatic nitrogens is 2. The van der Waals surface area contributed by atoms with Gasteiger partial charge in [-0.3, -0.25) is 13.9 Å². The molecule has 0 bridgehead atoms. The number of nitrogens with zero attached hydrogens (tertiary/aromatic N) is 2. The predicted octanol–water partition coefficient (Wildman–Crippen LogP) is -1.63. The molecule has 1 aromatic rings. The summed E-state index contributed by atoms with van der Waals surface area (Å²) >= 11 is 0. The first kappa shape index (κ1) is 15.6. The Hall–Kier alpha value is -1.74. The molecule has 1 unspecified atom stereocenters. The SMILES string of the molecule is C=CC(CO)n1c(=O)ccn([C@H]2C[C@H](O)[C@@H](CO)O2)c1=O. The Morgan fingerprint density at radius 1 is 1.48 bits per heavy atom. The molecule has 2 rings (SSSR count). The van der Waals surface area contributed by atoms with E-state index in [-0.39, 0.29) is 13.0 Å². The molecule has 2 heterocycles. The molecule has 1 aromatic heterocycles. The standard InChI is InChI=1S/C13H18N2O6/c1-2-8(6-16)15-11(19)3-4-14(13(15)20)12-5-9(18)10(7-17)21-12/h2-4,8-10,12,16-18H,1,5-7H2/t8?,9-,10+,12+/m0/s1. The Labute approximate surface area is 120 Å². The van der Waals surface area contributed by atoms with E-state index in [1.165, 1.54) is 18.3 Å². The van der Waals surface area contributed by atoms with Crippen LogP contribution in [0.3, 0.4) is 0 Å². The number of hydrogen-bond acceptors (Lipinski definition) is 6. The fourth-order valence-electron chi connectivity index (χ4n) is 2.34. The van der Waals surface area contributed by atoms with Crippen molar-refractivity contribution in [3.8, 4) is 0 Å². The molecule has 0 aliphatic carbocycles. The van der Waals surface area contributed by atoms with Crippen molar-refractivity contribution >= 4 is 0 Å². The Kier molecular flexibility index (Phi) is 4.73. The van der Waals surface area contributed by atoms with E-state index in [1.54, 1.807) is 0 Å². The highest BCUT2D eigenvalue weighted by Crippen LogP contribution is 2.27. The third-order valence-electron chi connectivity index (χ3n) is 3.53. The van der Waals surface area contributed by atoms with Crippen LogP contribution in [0.5, 0.6) is 0 Å². The van der Waals surface area contributed by atoms with Crippen molar-refractivity contribution in [3.63, 3.8) is 0 Å². The number of ether oxygens (including phenoxy) is 1. The summed E-state index contributed by atoms with van der Waals surface area (Å²) in [6.07, 6.45) is 0.265. The van der Waals surface area contributed by atoms with E-state index in [2.05, 4.69) is 6.58 Å². The third-order valence-corrected chi connectivity index (χ3v) is 3.53. The van der Waals surface area contributed by atoms with E-state index in [1.807, 2.05) is 0 Å². The molecule has 1 fully saturated rings. The van der Waals surface area contributed by atoms with Gasteiger partial charge >= 0.3 is 5.69 Å². The minimum Gasteiger partial charge on any atom is -0.394 e. The smallest absolute Gasteiger partial charge is 0.333 e. The van der Waals surface area contributed by atoms with Gasteiger partial charge < -0.3 is 20.1 Å². The molecule has 1 aliphatic rings. The van der Waals surface area contributed by atoms with Crippen molar-refractivity contribution in [2.24, 2.45) is 0 Å². The van der Waals surface area contributed by atoms with Gasteiger partial charge in [-0.05, 0) is 0 Å².